The first-order valence-corrected chi connectivity index (χ1v) is 9.33. The Kier molecular flexibility index (Phi) is 3.96. The molecule has 0 saturated carbocycles. The van der Waals surface area contributed by atoms with E-state index in [0.29, 0.717) is 16.3 Å². The SMILES string of the molecule is O=C(C1=NO[C@H]2C(=O)N(c3ccc(Cl)cc3)C(=O)[C@@H]12)c1ccc2ccccc2c1. The third-order valence-electron chi connectivity index (χ3n) is 5.14. The van der Waals surface area contributed by atoms with Crippen LogP contribution in [0.4, 0.5) is 5.69 Å². The van der Waals surface area contributed by atoms with Gasteiger partial charge in [-0.2, -0.15) is 0 Å². The molecule has 6 nitrogen and oxygen atoms in total. The van der Waals surface area contributed by atoms with Crippen LogP contribution in [0, 0.1) is 5.92 Å². The van der Waals surface area contributed by atoms with Gasteiger partial charge in [0.05, 0.1) is 5.69 Å². The normalized spacial score (nSPS) is 20.6. The van der Waals surface area contributed by atoms with Crippen molar-refractivity contribution in [1.82, 2.24) is 0 Å². The molecule has 0 radical (unpaired) electrons. The number of ketones is 1. The average Bonchev–Trinajstić information content (AvgIpc) is 3.28. The van der Waals surface area contributed by atoms with Gasteiger partial charge in [-0.15, -0.1) is 0 Å². The van der Waals surface area contributed by atoms with Crippen LogP contribution in [0.25, 0.3) is 10.8 Å². The van der Waals surface area contributed by atoms with E-state index in [1.165, 1.54) is 0 Å². The maximum Gasteiger partial charge on any atom is 0.278 e. The highest BCUT2D eigenvalue weighted by molar-refractivity contribution is 6.52. The van der Waals surface area contributed by atoms with Crippen molar-refractivity contribution in [1.29, 1.82) is 0 Å². The van der Waals surface area contributed by atoms with Crippen molar-refractivity contribution in [2.45, 2.75) is 6.10 Å². The number of nitrogens with zero attached hydrogens (tertiary/aromatic N) is 2. The van der Waals surface area contributed by atoms with Crippen molar-refractivity contribution in [3.05, 3.63) is 77.3 Å². The molecule has 2 heterocycles. The quantitative estimate of drug-likeness (QED) is 0.493. The Balaban J connectivity index is 1.48. The van der Waals surface area contributed by atoms with Gasteiger partial charge >= 0.3 is 0 Å². The van der Waals surface area contributed by atoms with Crippen LogP contribution in [0.5, 0.6) is 0 Å². The first-order chi connectivity index (χ1) is 14.0. The molecule has 0 unspecified atom stereocenters. The molecule has 3 aromatic carbocycles. The second-order valence-electron chi connectivity index (χ2n) is 6.86. The number of fused-ring (bicyclic) bond motifs is 2. The number of imide groups is 1. The summed E-state index contributed by atoms with van der Waals surface area (Å²) in [5.74, 6) is -2.57. The van der Waals surface area contributed by atoms with Crippen LogP contribution in [0.3, 0.4) is 0 Å². The van der Waals surface area contributed by atoms with Crippen molar-refractivity contribution in [3.63, 3.8) is 0 Å². The van der Waals surface area contributed by atoms with Crippen molar-refractivity contribution in [2.24, 2.45) is 11.1 Å². The predicted octanol–water partition coefficient (Wildman–Crippen LogP) is 3.62. The van der Waals surface area contributed by atoms with Gasteiger partial charge in [0.25, 0.3) is 5.91 Å². The van der Waals surface area contributed by atoms with Crippen molar-refractivity contribution < 1.29 is 19.2 Å². The topological polar surface area (TPSA) is 76.0 Å². The molecular weight excluding hydrogens is 392 g/mol. The Morgan fingerprint density at radius 1 is 0.931 bits per heavy atom. The molecular formula is C22H13ClN2O4. The highest BCUT2D eigenvalue weighted by Crippen LogP contribution is 2.34. The molecule has 1 saturated heterocycles. The zero-order valence-electron chi connectivity index (χ0n) is 14.9. The summed E-state index contributed by atoms with van der Waals surface area (Å²) in [4.78, 5) is 45.0. The van der Waals surface area contributed by atoms with Crippen LogP contribution in [0.1, 0.15) is 10.4 Å². The number of hydrogen-bond donors (Lipinski definition) is 0. The molecule has 2 aliphatic heterocycles. The molecule has 142 valence electrons. The lowest BCUT2D eigenvalue weighted by molar-refractivity contribution is -0.126. The van der Waals surface area contributed by atoms with Gasteiger partial charge in [0.15, 0.2) is 0 Å². The summed E-state index contributed by atoms with van der Waals surface area (Å²) in [5.41, 5.74) is 0.705. The fourth-order valence-corrected chi connectivity index (χ4v) is 3.82. The minimum Gasteiger partial charge on any atom is -0.381 e. The Bertz CT molecular complexity index is 1220. The number of anilines is 1. The maximum absolute atomic E-state index is 13.1. The lowest BCUT2D eigenvalue weighted by Gasteiger charge is -2.15. The number of rotatable bonds is 3. The summed E-state index contributed by atoms with van der Waals surface area (Å²) in [6.45, 7) is 0. The largest absolute Gasteiger partial charge is 0.381 e. The first kappa shape index (κ1) is 17.6. The third-order valence-corrected chi connectivity index (χ3v) is 5.39. The fourth-order valence-electron chi connectivity index (χ4n) is 3.69. The van der Waals surface area contributed by atoms with Gasteiger partial charge in [-0.05, 0) is 41.1 Å². The van der Waals surface area contributed by atoms with Gasteiger partial charge in [0, 0.05) is 10.6 Å². The van der Waals surface area contributed by atoms with Crippen LogP contribution < -0.4 is 4.90 Å². The number of oxime groups is 1. The van der Waals surface area contributed by atoms with E-state index >= 15 is 0 Å². The van der Waals surface area contributed by atoms with Crippen LogP contribution in [0.2, 0.25) is 5.02 Å². The molecule has 1 fully saturated rings. The van der Waals surface area contributed by atoms with Gasteiger partial charge in [0.2, 0.25) is 17.8 Å². The van der Waals surface area contributed by atoms with Gasteiger partial charge in [-0.25, -0.2) is 4.90 Å². The third kappa shape index (κ3) is 2.72. The number of benzene rings is 3. The van der Waals surface area contributed by atoms with Crippen molar-refractivity contribution >= 4 is 51.4 Å². The zero-order valence-corrected chi connectivity index (χ0v) is 15.7. The zero-order chi connectivity index (χ0) is 20.1. The Labute approximate surface area is 170 Å². The molecule has 5 rings (SSSR count). The van der Waals surface area contributed by atoms with E-state index in [4.69, 9.17) is 16.4 Å². The maximum atomic E-state index is 13.1. The summed E-state index contributed by atoms with van der Waals surface area (Å²) in [6, 6.07) is 19.2. The molecule has 29 heavy (non-hydrogen) atoms. The number of halogens is 1. The van der Waals surface area contributed by atoms with E-state index in [2.05, 4.69) is 5.16 Å². The molecule has 0 aliphatic carbocycles. The number of Topliss-reactive ketones (excluding diaryl/α,β-unsaturated/α-hetero) is 1. The molecule has 2 atom stereocenters. The lowest BCUT2D eigenvalue weighted by atomic mass is 9.92. The highest BCUT2D eigenvalue weighted by Gasteiger charge is 2.57. The van der Waals surface area contributed by atoms with Gasteiger partial charge < -0.3 is 4.84 Å². The summed E-state index contributed by atoms with van der Waals surface area (Å²) in [6.07, 6.45) is -1.13. The van der Waals surface area contributed by atoms with Gasteiger partial charge in [-0.1, -0.05) is 53.2 Å². The predicted molar refractivity (Wildman–Crippen MR) is 108 cm³/mol. The van der Waals surface area contributed by atoms with E-state index in [1.807, 2.05) is 30.3 Å². The number of carbonyl (C=O) groups is 3. The molecule has 7 heteroatoms. The number of amides is 2. The smallest absolute Gasteiger partial charge is 0.278 e. The van der Waals surface area contributed by atoms with E-state index in [0.717, 1.165) is 15.7 Å². The second kappa shape index (κ2) is 6.53. The standard InChI is InChI=1S/C22H13ClN2O4/c23-15-7-9-16(10-8-15)25-21(27)17-18(24-29-20(17)22(25)28)19(26)14-6-5-12-3-1-2-4-13(12)11-14/h1-11,17,20H/t17-,20+/m0/s1. The van der Waals surface area contributed by atoms with Crippen molar-refractivity contribution in [2.75, 3.05) is 4.90 Å². The molecule has 0 N–H and O–H groups in total. The van der Waals surface area contributed by atoms with E-state index in [9.17, 15) is 14.4 Å². The number of carbonyl (C=O) groups excluding carboxylic acids is 3. The molecule has 2 aliphatic rings. The molecule has 0 aromatic heterocycles. The van der Waals surface area contributed by atoms with Gasteiger partial charge in [0.1, 0.15) is 11.6 Å². The van der Waals surface area contributed by atoms with Crippen LogP contribution >= 0.6 is 11.6 Å². The van der Waals surface area contributed by atoms with Crippen LogP contribution in [0.15, 0.2) is 71.9 Å². The second-order valence-corrected chi connectivity index (χ2v) is 7.30. The molecule has 0 spiro atoms. The Morgan fingerprint density at radius 2 is 1.66 bits per heavy atom. The minimum absolute atomic E-state index is 0.0555. The summed E-state index contributed by atoms with van der Waals surface area (Å²) < 4.78 is 0. The van der Waals surface area contributed by atoms with Crippen LogP contribution in [-0.2, 0) is 14.4 Å². The minimum atomic E-state index is -1.13. The molecule has 2 amide bonds. The lowest BCUT2D eigenvalue weighted by Crippen LogP contribution is -2.34. The number of hydrogen-bond acceptors (Lipinski definition) is 5. The first-order valence-electron chi connectivity index (χ1n) is 8.95. The molecule has 0 bridgehead atoms. The van der Waals surface area contributed by atoms with Crippen molar-refractivity contribution in [3.8, 4) is 0 Å². The average molecular weight is 405 g/mol. The summed E-state index contributed by atoms with van der Waals surface area (Å²) >= 11 is 5.88. The van der Waals surface area contributed by atoms with E-state index in [1.54, 1.807) is 36.4 Å². The van der Waals surface area contributed by atoms with E-state index < -0.39 is 29.6 Å². The van der Waals surface area contributed by atoms with E-state index in [-0.39, 0.29) is 5.71 Å². The summed E-state index contributed by atoms with van der Waals surface area (Å²) in [5, 5.41) is 6.17. The fraction of sp³-hybridized carbons (Fsp3) is 0.0909. The summed E-state index contributed by atoms with van der Waals surface area (Å²) in [7, 11) is 0. The van der Waals surface area contributed by atoms with Crippen LogP contribution in [-0.4, -0.2) is 29.4 Å². The Morgan fingerprint density at radius 3 is 2.41 bits per heavy atom. The molecule has 3 aromatic rings. The monoisotopic (exact) mass is 404 g/mol. The highest BCUT2D eigenvalue weighted by atomic mass is 35.5. The Hall–Kier alpha value is -3.51. The van der Waals surface area contributed by atoms with Gasteiger partial charge in [-0.3, -0.25) is 14.4 Å².